The molecule has 4 heterocycles. The number of anilines is 1. The zero-order valence-corrected chi connectivity index (χ0v) is 19.9. The highest BCUT2D eigenvalue weighted by Crippen LogP contribution is 2.36. The van der Waals surface area contributed by atoms with Crippen molar-refractivity contribution in [1.29, 1.82) is 0 Å². The molecule has 34 heavy (non-hydrogen) atoms. The average molecular weight is 462 g/mol. The molecular weight excluding hydrogens is 426 g/mol. The summed E-state index contributed by atoms with van der Waals surface area (Å²) in [5.74, 6) is 0.0641. The zero-order chi connectivity index (χ0) is 23.3. The number of amides is 1. The molecule has 3 N–H and O–H groups in total. The highest BCUT2D eigenvalue weighted by atomic mass is 16.5. The maximum absolute atomic E-state index is 13.0. The van der Waals surface area contributed by atoms with Gasteiger partial charge < -0.3 is 20.7 Å². The number of piperidine rings is 1. The Kier molecular flexibility index (Phi) is 7.23. The summed E-state index contributed by atoms with van der Waals surface area (Å²) in [5.41, 5.74) is 4.16. The van der Waals surface area contributed by atoms with E-state index in [9.17, 15) is 4.79 Å². The van der Waals surface area contributed by atoms with Crippen LogP contribution >= 0.6 is 0 Å². The fourth-order valence-electron chi connectivity index (χ4n) is 5.66. The molecule has 3 aliphatic rings. The number of hydrogen-bond donors (Lipinski definition) is 3. The van der Waals surface area contributed by atoms with Gasteiger partial charge in [-0.05, 0) is 55.0 Å². The number of benzene rings is 1. The predicted octanol–water partition coefficient (Wildman–Crippen LogP) is 2.81. The van der Waals surface area contributed by atoms with Crippen LogP contribution in [0.4, 0.5) is 5.69 Å². The van der Waals surface area contributed by atoms with Crippen molar-refractivity contribution >= 4 is 17.7 Å². The van der Waals surface area contributed by atoms with Crippen LogP contribution in [0.5, 0.6) is 0 Å². The largest absolute Gasteiger partial charge is 0.380 e. The summed E-state index contributed by atoms with van der Waals surface area (Å²) >= 11 is 0. The Morgan fingerprint density at radius 3 is 2.79 bits per heavy atom. The molecule has 7 heteroatoms. The Morgan fingerprint density at radius 1 is 1.21 bits per heavy atom. The third-order valence-electron chi connectivity index (χ3n) is 7.44. The Hall–Kier alpha value is -2.74. The van der Waals surface area contributed by atoms with E-state index < -0.39 is 0 Å². The lowest BCUT2D eigenvalue weighted by molar-refractivity contribution is -0.118. The van der Waals surface area contributed by atoms with Gasteiger partial charge in [-0.3, -0.25) is 14.7 Å². The molecule has 2 bridgehead atoms. The van der Waals surface area contributed by atoms with Gasteiger partial charge in [0.05, 0.1) is 6.10 Å². The van der Waals surface area contributed by atoms with Crippen LogP contribution < -0.4 is 16.0 Å². The van der Waals surface area contributed by atoms with Crippen LogP contribution in [-0.4, -0.2) is 66.8 Å². The lowest BCUT2D eigenvalue weighted by Gasteiger charge is -2.40. The lowest BCUT2D eigenvalue weighted by Crippen LogP contribution is -2.53. The van der Waals surface area contributed by atoms with Crippen LogP contribution in [0.2, 0.25) is 0 Å². The van der Waals surface area contributed by atoms with Gasteiger partial charge in [-0.15, -0.1) is 0 Å². The number of carbonyl (C=O) groups is 1. The second-order valence-electron chi connectivity index (χ2n) is 9.68. The zero-order valence-electron chi connectivity index (χ0n) is 19.9. The number of nitrogens with zero attached hydrogens (tertiary/aromatic N) is 2. The molecule has 0 aliphatic carbocycles. The highest BCUT2D eigenvalue weighted by molar-refractivity contribution is 6.00. The number of ether oxygens (including phenoxy) is 1. The molecule has 2 aromatic rings. The minimum atomic E-state index is 0.0641. The summed E-state index contributed by atoms with van der Waals surface area (Å²) in [6.45, 7) is 3.11. The number of rotatable bonds is 9. The van der Waals surface area contributed by atoms with E-state index in [1.165, 1.54) is 18.4 Å². The summed E-state index contributed by atoms with van der Waals surface area (Å²) in [5, 5.41) is 10.2. The summed E-state index contributed by atoms with van der Waals surface area (Å²) in [6.07, 6.45) is 10.3. The fraction of sp³-hybridized carbons (Fsp3) is 0.481. The summed E-state index contributed by atoms with van der Waals surface area (Å²) in [7, 11) is 1.80. The van der Waals surface area contributed by atoms with Gasteiger partial charge in [0.15, 0.2) is 0 Å². The normalized spacial score (nSPS) is 24.6. The molecule has 0 radical (unpaired) electrons. The second kappa shape index (κ2) is 10.7. The molecule has 2 fully saturated rings. The van der Waals surface area contributed by atoms with Crippen molar-refractivity contribution < 1.29 is 9.53 Å². The minimum Gasteiger partial charge on any atom is -0.380 e. The van der Waals surface area contributed by atoms with Crippen molar-refractivity contribution in [3.8, 4) is 0 Å². The van der Waals surface area contributed by atoms with Crippen molar-refractivity contribution in [2.24, 2.45) is 0 Å². The first kappa shape index (κ1) is 23.0. The monoisotopic (exact) mass is 461 g/mol. The molecule has 2 saturated heterocycles. The Labute approximate surface area is 202 Å². The van der Waals surface area contributed by atoms with Gasteiger partial charge in [0.1, 0.15) is 0 Å². The molecule has 5 rings (SSSR count). The van der Waals surface area contributed by atoms with Crippen LogP contribution in [0.1, 0.15) is 36.8 Å². The minimum absolute atomic E-state index is 0.0641. The molecule has 1 amide bonds. The molecular formula is C27H35N5O2. The summed E-state index contributed by atoms with van der Waals surface area (Å²) in [6, 6.07) is 13.4. The van der Waals surface area contributed by atoms with Gasteiger partial charge in [0, 0.05) is 75.1 Å². The molecule has 180 valence electrons. The van der Waals surface area contributed by atoms with E-state index in [4.69, 9.17) is 4.74 Å². The van der Waals surface area contributed by atoms with Crippen LogP contribution in [-0.2, 0) is 16.1 Å². The maximum atomic E-state index is 13.0. The third kappa shape index (κ3) is 5.32. The van der Waals surface area contributed by atoms with Crippen LogP contribution in [0.3, 0.4) is 0 Å². The van der Waals surface area contributed by atoms with Crippen molar-refractivity contribution in [2.45, 2.75) is 56.5 Å². The van der Waals surface area contributed by atoms with Crippen molar-refractivity contribution in [3.05, 3.63) is 65.5 Å². The maximum Gasteiger partial charge on any atom is 0.249 e. The smallest absolute Gasteiger partial charge is 0.249 e. The number of aromatic nitrogens is 1. The summed E-state index contributed by atoms with van der Waals surface area (Å²) < 4.78 is 5.81. The van der Waals surface area contributed by atoms with E-state index in [-0.39, 0.29) is 18.1 Å². The van der Waals surface area contributed by atoms with E-state index in [1.54, 1.807) is 13.3 Å². The predicted molar refractivity (Wildman–Crippen MR) is 134 cm³/mol. The van der Waals surface area contributed by atoms with E-state index in [0.29, 0.717) is 18.6 Å². The van der Waals surface area contributed by atoms with Gasteiger partial charge in [0.2, 0.25) is 5.91 Å². The van der Waals surface area contributed by atoms with Crippen molar-refractivity contribution in [3.63, 3.8) is 0 Å². The van der Waals surface area contributed by atoms with E-state index in [1.807, 2.05) is 36.5 Å². The standard InChI is InChI=1S/C27H35N5O2/c1-34-25(17-29-15-19-5-4-10-28-14-19)18-32-23-8-9-24(32)13-22(12-23)31-27(33)21-11-20-6-2-3-7-26(20)30-16-21/h2-7,10-11,14,22-25,29-30H,8-9,12-13,15-18H2,1H3,(H,31,33). The molecule has 7 nitrogen and oxygen atoms in total. The molecule has 0 spiro atoms. The number of hydrogen-bond acceptors (Lipinski definition) is 6. The highest BCUT2D eigenvalue weighted by Gasteiger charge is 2.41. The average Bonchev–Trinajstić information content (AvgIpc) is 3.10. The number of nitrogens with one attached hydrogen (secondary N) is 3. The topological polar surface area (TPSA) is 78.5 Å². The summed E-state index contributed by atoms with van der Waals surface area (Å²) in [4.78, 5) is 19.8. The molecule has 3 atom stereocenters. The molecule has 3 aliphatic heterocycles. The van der Waals surface area contributed by atoms with Crippen LogP contribution in [0, 0.1) is 0 Å². The second-order valence-corrected chi connectivity index (χ2v) is 9.68. The van der Waals surface area contributed by atoms with Gasteiger partial charge in [-0.2, -0.15) is 0 Å². The lowest BCUT2D eigenvalue weighted by atomic mass is 9.96. The van der Waals surface area contributed by atoms with Gasteiger partial charge >= 0.3 is 0 Å². The van der Waals surface area contributed by atoms with Crippen molar-refractivity contribution in [1.82, 2.24) is 20.5 Å². The molecule has 3 unspecified atom stereocenters. The number of pyridine rings is 1. The van der Waals surface area contributed by atoms with Gasteiger partial charge in [-0.1, -0.05) is 24.3 Å². The first-order valence-corrected chi connectivity index (χ1v) is 12.4. The third-order valence-corrected chi connectivity index (χ3v) is 7.44. The van der Waals surface area contributed by atoms with E-state index in [2.05, 4.69) is 38.0 Å². The molecule has 1 aromatic heterocycles. The van der Waals surface area contributed by atoms with Crippen LogP contribution in [0.15, 0.2) is 54.4 Å². The van der Waals surface area contributed by atoms with Gasteiger partial charge in [-0.25, -0.2) is 0 Å². The van der Waals surface area contributed by atoms with Gasteiger partial charge in [0.25, 0.3) is 0 Å². The molecule has 1 aromatic carbocycles. The SMILES string of the molecule is COC(CNCc1cccnc1)CN1C2CCC1CC(NC(=O)C1=Cc3ccccc3NC1)C2. The first-order chi connectivity index (χ1) is 16.7. The Balaban J connectivity index is 1.12. The van der Waals surface area contributed by atoms with Crippen LogP contribution in [0.25, 0.3) is 6.08 Å². The number of carbonyl (C=O) groups excluding carboxylic acids is 1. The quantitative estimate of drug-likeness (QED) is 0.533. The molecule has 0 saturated carbocycles. The number of fused-ring (bicyclic) bond motifs is 3. The Morgan fingerprint density at radius 2 is 2.03 bits per heavy atom. The Bertz CT molecular complexity index is 997. The van der Waals surface area contributed by atoms with E-state index in [0.717, 1.165) is 49.3 Å². The first-order valence-electron chi connectivity index (χ1n) is 12.4. The number of para-hydroxylation sites is 1. The van der Waals surface area contributed by atoms with Crippen molar-refractivity contribution in [2.75, 3.05) is 32.1 Å². The number of methoxy groups -OCH3 is 1. The van der Waals surface area contributed by atoms with E-state index >= 15 is 0 Å². The fourth-order valence-corrected chi connectivity index (χ4v) is 5.66.